The Morgan fingerprint density at radius 3 is 2.32 bits per heavy atom. The van der Waals surface area contributed by atoms with Crippen molar-refractivity contribution in [3.8, 4) is 6.07 Å². The van der Waals surface area contributed by atoms with Crippen LogP contribution in [-0.4, -0.2) is 24.0 Å². The van der Waals surface area contributed by atoms with Crippen molar-refractivity contribution in [3.63, 3.8) is 0 Å². The van der Waals surface area contributed by atoms with Crippen molar-refractivity contribution in [1.82, 2.24) is 4.90 Å². The van der Waals surface area contributed by atoms with Crippen LogP contribution in [0.15, 0.2) is 54.6 Å². The van der Waals surface area contributed by atoms with Crippen molar-refractivity contribution in [2.75, 3.05) is 13.1 Å². The van der Waals surface area contributed by atoms with E-state index in [0.717, 1.165) is 55.8 Å². The van der Waals surface area contributed by atoms with Gasteiger partial charge in [0, 0.05) is 17.6 Å². The molecule has 31 heavy (non-hydrogen) atoms. The molecule has 1 aliphatic rings. The van der Waals surface area contributed by atoms with E-state index < -0.39 is 0 Å². The number of benzene rings is 2. The number of hydrogen-bond donors (Lipinski definition) is 0. The van der Waals surface area contributed by atoms with Crippen LogP contribution in [0.3, 0.4) is 0 Å². The summed E-state index contributed by atoms with van der Waals surface area (Å²) in [4.78, 5) is 2.66. The molecule has 2 aromatic rings. The molecule has 0 N–H and O–H groups in total. The zero-order valence-corrected chi connectivity index (χ0v) is 20.0. The number of rotatable bonds is 12. The van der Waals surface area contributed by atoms with Crippen LogP contribution in [-0.2, 0) is 11.8 Å². The van der Waals surface area contributed by atoms with Crippen LogP contribution in [0.4, 0.5) is 0 Å². The summed E-state index contributed by atoms with van der Waals surface area (Å²) in [5.74, 6) is 0.472. The lowest BCUT2D eigenvalue weighted by atomic mass is 9.60. The summed E-state index contributed by atoms with van der Waals surface area (Å²) >= 11 is 6.15. The molecule has 0 bridgehead atoms. The molecule has 0 amide bonds. The number of nitrogens with zero attached hydrogens (tertiary/aromatic N) is 2. The molecule has 1 saturated carbocycles. The quantitative estimate of drug-likeness (QED) is 0.346. The average molecular weight is 437 g/mol. The van der Waals surface area contributed by atoms with Gasteiger partial charge in [0.15, 0.2) is 0 Å². The maximum atomic E-state index is 10.4. The minimum Gasteiger partial charge on any atom is -0.300 e. The van der Waals surface area contributed by atoms with Crippen molar-refractivity contribution in [2.24, 2.45) is 5.92 Å². The molecule has 0 saturated heterocycles. The topological polar surface area (TPSA) is 27.0 Å². The second-order valence-electron chi connectivity index (χ2n) is 9.09. The third-order valence-corrected chi connectivity index (χ3v) is 7.51. The van der Waals surface area contributed by atoms with Crippen LogP contribution >= 0.6 is 11.6 Å². The van der Waals surface area contributed by atoms with Crippen molar-refractivity contribution in [3.05, 3.63) is 70.7 Å². The first-order chi connectivity index (χ1) is 15.1. The number of halogens is 1. The molecule has 0 aliphatic heterocycles. The summed E-state index contributed by atoms with van der Waals surface area (Å²) in [6.45, 7) is 6.77. The Morgan fingerprint density at radius 2 is 1.77 bits per heavy atom. The molecule has 2 nitrogen and oxygen atoms in total. The molecule has 166 valence electrons. The zero-order chi connectivity index (χ0) is 22.1. The van der Waals surface area contributed by atoms with E-state index in [0.29, 0.717) is 12.0 Å². The van der Waals surface area contributed by atoms with Crippen molar-refractivity contribution < 1.29 is 0 Å². The maximum Gasteiger partial charge on any atom is 0.0851 e. The molecular weight excluding hydrogens is 400 g/mol. The lowest BCUT2D eigenvalue weighted by molar-refractivity contribution is 0.148. The van der Waals surface area contributed by atoms with Gasteiger partial charge in [-0.1, -0.05) is 74.3 Å². The van der Waals surface area contributed by atoms with Gasteiger partial charge in [-0.15, -0.1) is 0 Å². The van der Waals surface area contributed by atoms with Crippen molar-refractivity contribution >= 4 is 11.6 Å². The highest BCUT2D eigenvalue weighted by atomic mass is 35.5. The highest BCUT2D eigenvalue weighted by Gasteiger charge is 2.43. The monoisotopic (exact) mass is 436 g/mol. The molecule has 2 aromatic carbocycles. The molecule has 3 rings (SSSR count). The lowest BCUT2D eigenvalue weighted by Crippen LogP contribution is -2.42. The third kappa shape index (κ3) is 5.91. The van der Waals surface area contributed by atoms with Crippen LogP contribution in [0, 0.1) is 17.2 Å². The van der Waals surface area contributed by atoms with Gasteiger partial charge < -0.3 is 4.90 Å². The van der Waals surface area contributed by atoms with Gasteiger partial charge >= 0.3 is 0 Å². The van der Waals surface area contributed by atoms with Gasteiger partial charge in [0.25, 0.3) is 0 Å². The SMILES string of the molecule is CCCN(CCc1ccccc1)C(CC)CCC(C#N)(c1ccc(Cl)cc1)C1CCC1. The van der Waals surface area contributed by atoms with Crippen LogP contribution in [0.1, 0.15) is 69.9 Å². The van der Waals surface area contributed by atoms with Crippen LogP contribution < -0.4 is 0 Å². The van der Waals surface area contributed by atoms with Crippen molar-refractivity contribution in [1.29, 1.82) is 5.26 Å². The average Bonchev–Trinajstić information content (AvgIpc) is 2.76. The first kappa shape index (κ1) is 23.8. The van der Waals surface area contributed by atoms with Crippen LogP contribution in [0.5, 0.6) is 0 Å². The highest BCUT2D eigenvalue weighted by molar-refractivity contribution is 6.30. The second kappa shape index (κ2) is 11.7. The Balaban J connectivity index is 1.73. The Morgan fingerprint density at radius 1 is 1.06 bits per heavy atom. The fraction of sp³-hybridized carbons (Fsp3) is 0.536. The second-order valence-corrected chi connectivity index (χ2v) is 9.53. The Hall–Kier alpha value is -1.82. The summed E-state index contributed by atoms with van der Waals surface area (Å²) in [6.07, 6.45) is 8.95. The Bertz CT molecular complexity index is 822. The van der Waals surface area contributed by atoms with Crippen LogP contribution in [0.2, 0.25) is 5.02 Å². The fourth-order valence-corrected chi connectivity index (χ4v) is 5.29. The first-order valence-electron chi connectivity index (χ1n) is 12.1. The van der Waals surface area contributed by atoms with E-state index in [2.05, 4.69) is 67.3 Å². The molecular formula is C28H37ClN2. The number of nitriles is 1. The zero-order valence-electron chi connectivity index (χ0n) is 19.2. The summed E-state index contributed by atoms with van der Waals surface area (Å²) < 4.78 is 0. The smallest absolute Gasteiger partial charge is 0.0851 e. The molecule has 3 heteroatoms. The Kier molecular flexibility index (Phi) is 9.00. The molecule has 1 aliphatic carbocycles. The van der Waals surface area contributed by atoms with Gasteiger partial charge in [-0.25, -0.2) is 0 Å². The maximum absolute atomic E-state index is 10.4. The minimum absolute atomic E-state index is 0.381. The molecule has 0 heterocycles. The normalized spacial score (nSPS) is 17.0. The summed E-state index contributed by atoms with van der Waals surface area (Å²) in [6, 6.07) is 22.2. The van der Waals surface area contributed by atoms with Gasteiger partial charge in [0.2, 0.25) is 0 Å². The third-order valence-electron chi connectivity index (χ3n) is 7.26. The number of hydrogen-bond acceptors (Lipinski definition) is 2. The summed E-state index contributed by atoms with van der Waals surface area (Å²) in [5.41, 5.74) is 2.18. The van der Waals surface area contributed by atoms with E-state index in [9.17, 15) is 5.26 Å². The lowest BCUT2D eigenvalue weighted by Gasteiger charge is -2.42. The highest BCUT2D eigenvalue weighted by Crippen LogP contribution is 2.47. The fourth-order valence-electron chi connectivity index (χ4n) is 5.16. The van der Waals surface area contributed by atoms with Gasteiger partial charge in [0.05, 0.1) is 11.5 Å². The van der Waals surface area contributed by atoms with Gasteiger partial charge in [-0.3, -0.25) is 0 Å². The summed E-state index contributed by atoms with van der Waals surface area (Å²) in [5, 5.41) is 11.2. The molecule has 2 atom stereocenters. The molecule has 0 aromatic heterocycles. The predicted octanol–water partition coefficient (Wildman–Crippen LogP) is 7.41. The van der Waals surface area contributed by atoms with Crippen molar-refractivity contribution in [2.45, 2.75) is 76.7 Å². The summed E-state index contributed by atoms with van der Waals surface area (Å²) in [7, 11) is 0. The minimum atomic E-state index is -0.381. The molecule has 2 unspecified atom stereocenters. The van der Waals surface area contributed by atoms with E-state index in [1.54, 1.807) is 0 Å². The molecule has 0 radical (unpaired) electrons. The van der Waals surface area contributed by atoms with Gasteiger partial charge in [0.1, 0.15) is 0 Å². The Labute approximate surface area is 194 Å². The van der Waals surface area contributed by atoms with Gasteiger partial charge in [-0.2, -0.15) is 5.26 Å². The predicted molar refractivity (Wildman–Crippen MR) is 131 cm³/mol. The van der Waals surface area contributed by atoms with E-state index in [-0.39, 0.29) is 5.41 Å². The van der Waals surface area contributed by atoms with E-state index in [1.165, 1.54) is 24.8 Å². The standard InChI is InChI=1S/C28H37ClN2/c1-3-20-31(21-18-23-9-6-5-7-10-23)27(4-2)17-19-28(22-30,24-11-8-12-24)25-13-15-26(29)16-14-25/h5-7,9-10,13-16,24,27H,3-4,8,11-12,17-21H2,1-2H3. The van der Waals surface area contributed by atoms with Crippen LogP contribution in [0.25, 0.3) is 0 Å². The van der Waals surface area contributed by atoms with E-state index in [4.69, 9.17) is 11.6 Å². The van der Waals surface area contributed by atoms with E-state index in [1.807, 2.05) is 12.1 Å². The first-order valence-corrected chi connectivity index (χ1v) is 12.5. The van der Waals surface area contributed by atoms with E-state index >= 15 is 0 Å². The molecule has 1 fully saturated rings. The largest absolute Gasteiger partial charge is 0.300 e. The van der Waals surface area contributed by atoms with Gasteiger partial charge in [-0.05, 0) is 80.7 Å². The molecule has 0 spiro atoms.